The average Bonchev–Trinajstić information content (AvgIpc) is 3.41. The smallest absolute Gasteiger partial charge is 0.387 e. The highest BCUT2D eigenvalue weighted by molar-refractivity contribution is 5.96. The number of halogens is 2. The van der Waals surface area contributed by atoms with E-state index in [1.54, 1.807) is 30.7 Å². The molecule has 0 bridgehead atoms. The monoisotopic (exact) mass is 449 g/mol. The van der Waals surface area contributed by atoms with Crippen LogP contribution in [0.1, 0.15) is 18.4 Å². The number of hydrogen-bond donors (Lipinski definition) is 1. The number of benzene rings is 2. The lowest BCUT2D eigenvalue weighted by Gasteiger charge is -2.19. The predicted molar refractivity (Wildman–Crippen MR) is 121 cm³/mol. The normalized spacial score (nSPS) is 13.8. The van der Waals surface area contributed by atoms with E-state index in [1.807, 2.05) is 34.4 Å². The number of nitrogens with one attached hydrogen (secondary N) is 1. The van der Waals surface area contributed by atoms with E-state index in [4.69, 9.17) is 0 Å². The first-order valence-corrected chi connectivity index (χ1v) is 10.5. The van der Waals surface area contributed by atoms with Gasteiger partial charge in [0.25, 0.3) is 0 Å². The molecule has 5 rings (SSSR count). The van der Waals surface area contributed by atoms with E-state index in [9.17, 15) is 13.6 Å². The van der Waals surface area contributed by atoms with Gasteiger partial charge in [0.2, 0.25) is 5.91 Å². The number of alkyl halides is 2. The highest BCUT2D eigenvalue weighted by atomic mass is 19.3. The zero-order valence-electron chi connectivity index (χ0n) is 17.8. The summed E-state index contributed by atoms with van der Waals surface area (Å²) >= 11 is 0. The van der Waals surface area contributed by atoms with Gasteiger partial charge in [-0.25, -0.2) is 9.97 Å². The second-order valence-corrected chi connectivity index (χ2v) is 7.79. The minimum atomic E-state index is -2.86. The van der Waals surface area contributed by atoms with Gasteiger partial charge in [0.15, 0.2) is 11.5 Å². The molecule has 7 nitrogen and oxygen atoms in total. The number of hydrogen-bond acceptors (Lipinski definition) is 5. The number of carbonyl (C=O) groups is 1. The van der Waals surface area contributed by atoms with Crippen LogP contribution in [0.4, 0.5) is 26.0 Å². The van der Waals surface area contributed by atoms with Crippen molar-refractivity contribution in [2.75, 3.05) is 16.8 Å². The Morgan fingerprint density at radius 2 is 1.94 bits per heavy atom. The molecule has 168 valence electrons. The van der Waals surface area contributed by atoms with Crippen LogP contribution in [0.25, 0.3) is 16.9 Å². The molecule has 1 aliphatic rings. The van der Waals surface area contributed by atoms with Crippen LogP contribution in [0.2, 0.25) is 0 Å². The highest BCUT2D eigenvalue weighted by Crippen LogP contribution is 2.30. The van der Waals surface area contributed by atoms with E-state index in [1.165, 1.54) is 12.1 Å². The number of amides is 1. The minimum Gasteiger partial charge on any atom is -0.435 e. The van der Waals surface area contributed by atoms with Crippen LogP contribution in [0.15, 0.2) is 61.1 Å². The Labute approximate surface area is 188 Å². The summed E-state index contributed by atoms with van der Waals surface area (Å²) in [4.78, 5) is 22.9. The van der Waals surface area contributed by atoms with Crippen molar-refractivity contribution in [3.63, 3.8) is 0 Å². The quantitative estimate of drug-likeness (QED) is 0.439. The molecule has 0 saturated carbocycles. The van der Waals surface area contributed by atoms with Gasteiger partial charge in [-0.2, -0.15) is 8.78 Å². The van der Waals surface area contributed by atoms with Crippen LogP contribution in [0, 0.1) is 6.92 Å². The molecular weight excluding hydrogens is 428 g/mol. The third-order valence-electron chi connectivity index (χ3n) is 5.63. The molecule has 0 spiro atoms. The zero-order valence-corrected chi connectivity index (χ0v) is 17.8. The summed E-state index contributed by atoms with van der Waals surface area (Å²) in [5, 5.41) is 3.31. The van der Waals surface area contributed by atoms with E-state index in [-0.39, 0.29) is 11.7 Å². The maximum Gasteiger partial charge on any atom is 0.387 e. The molecule has 33 heavy (non-hydrogen) atoms. The van der Waals surface area contributed by atoms with Crippen molar-refractivity contribution in [1.82, 2.24) is 14.4 Å². The number of aromatic nitrogens is 3. The van der Waals surface area contributed by atoms with Crippen molar-refractivity contribution in [2.24, 2.45) is 0 Å². The molecule has 0 unspecified atom stereocenters. The summed E-state index contributed by atoms with van der Waals surface area (Å²) in [5.74, 6) is 0.829. The first-order valence-electron chi connectivity index (χ1n) is 10.5. The maximum atomic E-state index is 12.4. The SMILES string of the molecule is Cc1cc(Nc2nccn3c(-c4ccc(OC(F)F)cc4)cnc23)ccc1N1CCCC1=O. The van der Waals surface area contributed by atoms with Gasteiger partial charge in [-0.3, -0.25) is 9.20 Å². The Bertz CT molecular complexity index is 1320. The molecule has 1 N–H and O–H groups in total. The molecule has 1 amide bonds. The molecule has 3 heterocycles. The van der Waals surface area contributed by atoms with E-state index in [0.717, 1.165) is 41.2 Å². The second-order valence-electron chi connectivity index (χ2n) is 7.79. The summed E-state index contributed by atoms with van der Waals surface area (Å²) in [5.41, 5.74) is 4.97. The van der Waals surface area contributed by atoms with Crippen molar-refractivity contribution in [1.29, 1.82) is 0 Å². The molecule has 0 radical (unpaired) electrons. The highest BCUT2D eigenvalue weighted by Gasteiger charge is 2.23. The summed E-state index contributed by atoms with van der Waals surface area (Å²) in [6, 6.07) is 12.3. The van der Waals surface area contributed by atoms with Gasteiger partial charge < -0.3 is 15.0 Å². The molecular formula is C24H21F2N5O2. The van der Waals surface area contributed by atoms with E-state index in [2.05, 4.69) is 20.0 Å². The number of nitrogens with zero attached hydrogens (tertiary/aromatic N) is 4. The lowest BCUT2D eigenvalue weighted by atomic mass is 10.1. The molecule has 0 aliphatic carbocycles. The van der Waals surface area contributed by atoms with Gasteiger partial charge >= 0.3 is 6.61 Å². The minimum absolute atomic E-state index is 0.0982. The Hall–Kier alpha value is -4.01. The number of fused-ring (bicyclic) bond motifs is 1. The molecule has 1 aliphatic heterocycles. The molecule has 2 aromatic carbocycles. The van der Waals surface area contributed by atoms with Gasteiger partial charge in [-0.1, -0.05) is 0 Å². The Morgan fingerprint density at radius 3 is 2.64 bits per heavy atom. The van der Waals surface area contributed by atoms with Gasteiger partial charge in [-0.05, 0) is 61.4 Å². The van der Waals surface area contributed by atoms with Crippen LogP contribution in [0.3, 0.4) is 0 Å². The van der Waals surface area contributed by atoms with Crippen LogP contribution in [-0.2, 0) is 4.79 Å². The number of carbonyl (C=O) groups excluding carboxylic acids is 1. The lowest BCUT2D eigenvalue weighted by Crippen LogP contribution is -2.24. The number of aryl methyl sites for hydroxylation is 1. The van der Waals surface area contributed by atoms with Crippen molar-refractivity contribution in [3.05, 3.63) is 66.6 Å². The zero-order chi connectivity index (χ0) is 22.9. The number of anilines is 3. The Morgan fingerprint density at radius 1 is 1.12 bits per heavy atom. The first-order chi connectivity index (χ1) is 16.0. The lowest BCUT2D eigenvalue weighted by molar-refractivity contribution is -0.117. The summed E-state index contributed by atoms with van der Waals surface area (Å²) in [6.45, 7) is -0.130. The molecule has 0 atom stereocenters. The fraction of sp³-hybridized carbons (Fsp3) is 0.208. The average molecular weight is 449 g/mol. The van der Waals surface area contributed by atoms with Gasteiger partial charge in [0, 0.05) is 42.3 Å². The van der Waals surface area contributed by atoms with E-state index >= 15 is 0 Å². The topological polar surface area (TPSA) is 71.8 Å². The molecule has 1 fully saturated rings. The van der Waals surface area contributed by atoms with Gasteiger partial charge in [0.1, 0.15) is 5.75 Å². The Balaban J connectivity index is 1.42. The van der Waals surface area contributed by atoms with Gasteiger partial charge in [-0.15, -0.1) is 0 Å². The standard InChI is InChI=1S/C24H21F2N5O2/c1-15-13-17(6-9-19(15)30-11-2-3-21(30)32)29-22-23-28-14-20(31(23)12-10-27-22)16-4-7-18(8-5-16)33-24(25)26/h4-10,12-14,24H,2-3,11H2,1H3,(H,27,29). The van der Waals surface area contributed by atoms with Crippen molar-refractivity contribution in [3.8, 4) is 17.0 Å². The van der Waals surface area contributed by atoms with E-state index < -0.39 is 6.61 Å². The van der Waals surface area contributed by atoms with Crippen molar-refractivity contribution >= 4 is 28.7 Å². The number of ether oxygens (including phenoxy) is 1. The van der Waals surface area contributed by atoms with Crippen LogP contribution >= 0.6 is 0 Å². The fourth-order valence-corrected chi connectivity index (χ4v) is 4.10. The van der Waals surface area contributed by atoms with E-state index in [0.29, 0.717) is 17.9 Å². The van der Waals surface area contributed by atoms with Crippen LogP contribution < -0.4 is 15.0 Å². The molecule has 4 aromatic rings. The van der Waals surface area contributed by atoms with Gasteiger partial charge in [0.05, 0.1) is 11.9 Å². The number of imidazole rings is 1. The Kier molecular flexibility index (Phi) is 5.37. The van der Waals surface area contributed by atoms with Crippen molar-refractivity contribution in [2.45, 2.75) is 26.4 Å². The molecule has 1 saturated heterocycles. The molecule has 2 aromatic heterocycles. The molecule has 9 heteroatoms. The third kappa shape index (κ3) is 4.09. The van der Waals surface area contributed by atoms with Crippen molar-refractivity contribution < 1.29 is 18.3 Å². The van der Waals surface area contributed by atoms with Crippen LogP contribution in [0.5, 0.6) is 5.75 Å². The predicted octanol–water partition coefficient (Wildman–Crippen LogP) is 5.18. The second kappa shape index (κ2) is 8.50. The fourth-order valence-electron chi connectivity index (χ4n) is 4.10. The summed E-state index contributed by atoms with van der Waals surface area (Å²) < 4.78 is 31.1. The summed E-state index contributed by atoms with van der Waals surface area (Å²) in [7, 11) is 0. The largest absolute Gasteiger partial charge is 0.435 e. The first kappa shape index (κ1) is 20.9. The van der Waals surface area contributed by atoms with Crippen LogP contribution in [-0.4, -0.2) is 33.4 Å². The third-order valence-corrected chi connectivity index (χ3v) is 5.63. The summed E-state index contributed by atoms with van der Waals surface area (Å²) in [6.07, 6.45) is 6.64. The maximum absolute atomic E-state index is 12.4. The number of rotatable bonds is 6.